The molecule has 4 aromatic rings. The second-order valence-corrected chi connectivity index (χ2v) is 8.28. The molecule has 9 heteroatoms. The standard InChI is InChI=1S/C20H20ClN7S/c1-11-16(29-20(26-11)13-2-4-15(21)5-3-13)10-28-9-12(8-25-28)6-14-7-17(22)27-19(24)18(14)23/h2-5,7-9H,6,10,23H2,1H3,(H4,22,24,27). The van der Waals surface area contributed by atoms with Gasteiger partial charge in [0.25, 0.3) is 0 Å². The van der Waals surface area contributed by atoms with E-state index in [4.69, 9.17) is 33.8 Å². The molecule has 7 nitrogen and oxygen atoms in total. The van der Waals surface area contributed by atoms with Gasteiger partial charge in [-0.15, -0.1) is 11.3 Å². The zero-order valence-corrected chi connectivity index (χ0v) is 17.3. The monoisotopic (exact) mass is 425 g/mol. The van der Waals surface area contributed by atoms with E-state index in [2.05, 4.69) is 10.1 Å². The van der Waals surface area contributed by atoms with Gasteiger partial charge in [0.05, 0.1) is 24.1 Å². The summed E-state index contributed by atoms with van der Waals surface area (Å²) < 4.78 is 1.89. The Morgan fingerprint density at radius 1 is 1.10 bits per heavy atom. The van der Waals surface area contributed by atoms with Crippen molar-refractivity contribution in [3.8, 4) is 10.6 Å². The zero-order valence-electron chi connectivity index (χ0n) is 15.8. The van der Waals surface area contributed by atoms with Gasteiger partial charge in [-0.2, -0.15) is 5.10 Å². The number of hydrogen-bond donors (Lipinski definition) is 3. The molecule has 0 amide bonds. The van der Waals surface area contributed by atoms with E-state index >= 15 is 0 Å². The summed E-state index contributed by atoms with van der Waals surface area (Å²) in [6.45, 7) is 2.66. The first-order valence-electron chi connectivity index (χ1n) is 8.93. The molecule has 6 N–H and O–H groups in total. The van der Waals surface area contributed by atoms with Crippen molar-refractivity contribution in [2.24, 2.45) is 0 Å². The molecule has 0 bridgehead atoms. The molecule has 0 aliphatic heterocycles. The van der Waals surface area contributed by atoms with Crippen molar-refractivity contribution in [1.29, 1.82) is 0 Å². The summed E-state index contributed by atoms with van der Waals surface area (Å²) in [6.07, 6.45) is 4.40. The van der Waals surface area contributed by atoms with Gasteiger partial charge in [0.2, 0.25) is 0 Å². The number of nitrogens with two attached hydrogens (primary N) is 3. The lowest BCUT2D eigenvalue weighted by Gasteiger charge is -2.07. The molecule has 3 heterocycles. The molecule has 0 fully saturated rings. The van der Waals surface area contributed by atoms with Crippen molar-refractivity contribution >= 4 is 40.3 Å². The van der Waals surface area contributed by atoms with Crippen molar-refractivity contribution < 1.29 is 0 Å². The lowest BCUT2D eigenvalue weighted by atomic mass is 10.1. The first-order chi connectivity index (χ1) is 13.9. The summed E-state index contributed by atoms with van der Waals surface area (Å²) in [5.41, 5.74) is 22.0. The fourth-order valence-electron chi connectivity index (χ4n) is 3.04. The summed E-state index contributed by atoms with van der Waals surface area (Å²) in [6, 6.07) is 9.45. The van der Waals surface area contributed by atoms with Crippen LogP contribution >= 0.6 is 22.9 Å². The molecule has 0 radical (unpaired) electrons. The number of thiazole rings is 1. The van der Waals surface area contributed by atoms with E-state index in [1.54, 1.807) is 17.4 Å². The Morgan fingerprint density at radius 3 is 2.62 bits per heavy atom. The Bertz CT molecular complexity index is 1160. The van der Waals surface area contributed by atoms with Gasteiger partial charge < -0.3 is 17.2 Å². The first kappa shape index (κ1) is 19.2. The van der Waals surface area contributed by atoms with Crippen LogP contribution in [0.5, 0.6) is 0 Å². The fraction of sp³-hybridized carbons (Fsp3) is 0.150. The van der Waals surface area contributed by atoms with Crippen LogP contribution in [0.3, 0.4) is 0 Å². The van der Waals surface area contributed by atoms with Crippen LogP contribution in [0.15, 0.2) is 42.7 Å². The number of halogens is 1. The summed E-state index contributed by atoms with van der Waals surface area (Å²) in [5, 5.41) is 6.16. The number of aryl methyl sites for hydroxylation is 1. The van der Waals surface area contributed by atoms with E-state index in [1.165, 1.54) is 0 Å². The van der Waals surface area contributed by atoms with Crippen molar-refractivity contribution in [3.05, 3.63) is 69.4 Å². The predicted octanol–water partition coefficient (Wildman–Crippen LogP) is 3.75. The molecular formula is C20H20ClN7S. The zero-order chi connectivity index (χ0) is 20.5. The van der Waals surface area contributed by atoms with Crippen molar-refractivity contribution in [1.82, 2.24) is 19.7 Å². The van der Waals surface area contributed by atoms with Crippen LogP contribution in [0.1, 0.15) is 21.7 Å². The second kappa shape index (κ2) is 7.73. The fourth-order valence-corrected chi connectivity index (χ4v) is 4.23. The van der Waals surface area contributed by atoms with Gasteiger partial charge in [-0.3, -0.25) is 4.68 Å². The van der Waals surface area contributed by atoms with Gasteiger partial charge in [0.15, 0.2) is 0 Å². The van der Waals surface area contributed by atoms with Crippen LogP contribution in [0.4, 0.5) is 17.3 Å². The minimum absolute atomic E-state index is 0.252. The predicted molar refractivity (Wildman–Crippen MR) is 119 cm³/mol. The quantitative estimate of drug-likeness (QED) is 0.447. The molecule has 0 spiro atoms. The summed E-state index contributed by atoms with van der Waals surface area (Å²) in [4.78, 5) is 9.82. The maximum Gasteiger partial charge on any atom is 0.149 e. The van der Waals surface area contributed by atoms with Crippen molar-refractivity contribution in [2.75, 3.05) is 17.2 Å². The molecule has 0 saturated carbocycles. The molecule has 0 unspecified atom stereocenters. The van der Waals surface area contributed by atoms with E-state index in [0.29, 0.717) is 29.5 Å². The van der Waals surface area contributed by atoms with E-state index in [0.717, 1.165) is 32.3 Å². The normalized spacial score (nSPS) is 11.1. The highest BCUT2D eigenvalue weighted by Crippen LogP contribution is 2.29. The van der Waals surface area contributed by atoms with Crippen LogP contribution < -0.4 is 17.2 Å². The molecule has 0 saturated heterocycles. The maximum absolute atomic E-state index is 6.03. The van der Waals surface area contributed by atoms with Gasteiger partial charge in [0.1, 0.15) is 16.6 Å². The molecule has 4 rings (SSSR count). The highest BCUT2D eigenvalue weighted by molar-refractivity contribution is 7.15. The first-order valence-corrected chi connectivity index (χ1v) is 10.1. The van der Waals surface area contributed by atoms with Gasteiger partial charge in [-0.05, 0) is 36.2 Å². The topological polar surface area (TPSA) is 122 Å². The molecule has 0 atom stereocenters. The number of aromatic nitrogens is 4. The second-order valence-electron chi connectivity index (χ2n) is 6.76. The molecule has 1 aromatic carbocycles. The van der Waals surface area contributed by atoms with Gasteiger partial charge in [-0.1, -0.05) is 23.7 Å². The summed E-state index contributed by atoms with van der Waals surface area (Å²) in [5.74, 6) is 0.608. The van der Waals surface area contributed by atoms with Crippen molar-refractivity contribution in [2.45, 2.75) is 19.9 Å². The van der Waals surface area contributed by atoms with E-state index in [1.807, 2.05) is 48.3 Å². The number of anilines is 3. The Kier molecular flexibility index (Phi) is 5.12. The van der Waals surface area contributed by atoms with E-state index in [9.17, 15) is 0 Å². The summed E-state index contributed by atoms with van der Waals surface area (Å²) >= 11 is 7.63. The minimum Gasteiger partial charge on any atom is -0.396 e. The highest BCUT2D eigenvalue weighted by Gasteiger charge is 2.12. The maximum atomic E-state index is 6.03. The van der Waals surface area contributed by atoms with Crippen LogP contribution in [0.2, 0.25) is 5.02 Å². The molecule has 148 valence electrons. The third-order valence-corrected chi connectivity index (χ3v) is 6.01. The number of pyridine rings is 1. The Morgan fingerprint density at radius 2 is 1.86 bits per heavy atom. The lowest BCUT2D eigenvalue weighted by molar-refractivity contribution is 0.690. The average Bonchev–Trinajstić information content (AvgIpc) is 3.27. The summed E-state index contributed by atoms with van der Waals surface area (Å²) in [7, 11) is 0. The third-order valence-electron chi connectivity index (χ3n) is 4.56. The molecule has 29 heavy (non-hydrogen) atoms. The molecule has 0 aliphatic carbocycles. The molecular weight excluding hydrogens is 406 g/mol. The van der Waals surface area contributed by atoms with Gasteiger partial charge in [-0.25, -0.2) is 9.97 Å². The number of hydrogen-bond acceptors (Lipinski definition) is 7. The smallest absolute Gasteiger partial charge is 0.149 e. The SMILES string of the molecule is Cc1nc(-c2ccc(Cl)cc2)sc1Cn1cc(Cc2cc(N)nc(N)c2N)cn1. The van der Waals surface area contributed by atoms with Crippen molar-refractivity contribution in [3.63, 3.8) is 0 Å². The Labute approximate surface area is 177 Å². The lowest BCUT2D eigenvalue weighted by Crippen LogP contribution is -2.05. The number of rotatable bonds is 5. The van der Waals surface area contributed by atoms with Crippen LogP contribution in [0, 0.1) is 6.92 Å². The number of nitrogen functional groups attached to an aromatic ring is 3. The van der Waals surface area contributed by atoms with E-state index < -0.39 is 0 Å². The third kappa shape index (κ3) is 4.18. The average molecular weight is 426 g/mol. The molecule has 3 aromatic heterocycles. The van der Waals surface area contributed by atoms with Gasteiger partial charge >= 0.3 is 0 Å². The van der Waals surface area contributed by atoms with Crippen LogP contribution in [-0.4, -0.2) is 19.7 Å². The minimum atomic E-state index is 0.252. The van der Waals surface area contributed by atoms with Crippen LogP contribution in [0.25, 0.3) is 10.6 Å². The highest BCUT2D eigenvalue weighted by atomic mass is 35.5. The Balaban J connectivity index is 1.52. The van der Waals surface area contributed by atoms with Crippen LogP contribution in [-0.2, 0) is 13.0 Å². The van der Waals surface area contributed by atoms with Gasteiger partial charge in [0, 0.05) is 28.1 Å². The number of nitrogens with zero attached hydrogens (tertiary/aromatic N) is 4. The van der Waals surface area contributed by atoms with E-state index in [-0.39, 0.29) is 5.82 Å². The number of benzene rings is 1. The Hall–Kier alpha value is -3.10. The largest absolute Gasteiger partial charge is 0.396 e. The molecule has 0 aliphatic rings.